The zero-order valence-electron chi connectivity index (χ0n) is 6.79. The van der Waals surface area contributed by atoms with Crippen molar-refractivity contribution in [3.8, 4) is 0 Å². The highest BCUT2D eigenvalue weighted by molar-refractivity contribution is 5.80. The molecule has 1 rings (SSSR count). The second kappa shape index (κ2) is 3.74. The number of hydrogen-bond acceptors (Lipinski definition) is 1. The lowest BCUT2D eigenvalue weighted by Gasteiger charge is -2.11. The molecule has 5 radical (unpaired) electrons. The molecule has 59 valence electrons. The van der Waals surface area contributed by atoms with Gasteiger partial charge in [-0.1, -0.05) is 13.8 Å². The second-order valence-corrected chi connectivity index (χ2v) is 2.82. The Kier molecular flexibility index (Phi) is 2.92. The lowest BCUT2D eigenvalue weighted by Crippen LogP contribution is -2.30. The Balaban J connectivity index is 2.24. The van der Waals surface area contributed by atoms with E-state index in [0.717, 1.165) is 6.04 Å². The van der Waals surface area contributed by atoms with Crippen molar-refractivity contribution in [1.82, 2.24) is 5.32 Å². The summed E-state index contributed by atoms with van der Waals surface area (Å²) in [4.78, 5) is 11.1. The van der Waals surface area contributed by atoms with E-state index >= 15 is 0 Å². The van der Waals surface area contributed by atoms with Crippen molar-refractivity contribution in [1.29, 1.82) is 0 Å². The van der Waals surface area contributed by atoms with Gasteiger partial charge < -0.3 is 5.32 Å². The summed E-state index contributed by atoms with van der Waals surface area (Å²) in [5.74, 6) is 0.112. The molecule has 1 aliphatic carbocycles. The monoisotopic (exact) mass is 150 g/mol. The van der Waals surface area contributed by atoms with Crippen molar-refractivity contribution in [2.45, 2.75) is 13.8 Å². The van der Waals surface area contributed by atoms with Crippen LogP contribution >= 0.6 is 0 Å². The summed E-state index contributed by atoms with van der Waals surface area (Å²) < 4.78 is 0. The molecule has 0 unspecified atom stereocenters. The molecule has 0 aromatic rings. The van der Waals surface area contributed by atoms with E-state index in [1.807, 2.05) is 39.5 Å². The number of carbonyl (C=O) groups excluding carboxylic acids is 1. The summed E-state index contributed by atoms with van der Waals surface area (Å²) in [5.41, 5.74) is 0. The van der Waals surface area contributed by atoms with Gasteiger partial charge in [0.25, 0.3) is 0 Å². The van der Waals surface area contributed by atoms with Crippen LogP contribution in [0, 0.1) is 37.6 Å². The van der Waals surface area contributed by atoms with Crippen molar-refractivity contribution in [2.75, 3.05) is 0 Å². The summed E-state index contributed by atoms with van der Waals surface area (Å²) in [7, 11) is 0. The average Bonchev–Trinajstić information content (AvgIpc) is 2.39. The lowest BCUT2D eigenvalue weighted by molar-refractivity contribution is -0.123. The molecule has 1 N–H and O–H groups in total. The van der Waals surface area contributed by atoms with Crippen LogP contribution in [-0.2, 0) is 4.79 Å². The molecule has 0 saturated heterocycles. The summed E-state index contributed by atoms with van der Waals surface area (Å²) in [6.45, 7) is 3.75. The maximum absolute atomic E-state index is 11.1. The first-order valence-corrected chi connectivity index (χ1v) is 3.72. The fourth-order valence-corrected chi connectivity index (χ4v) is 0.744. The first-order chi connectivity index (χ1) is 5.20. The van der Waals surface area contributed by atoms with E-state index < -0.39 is 0 Å². The SMILES string of the molecule is CC(C)C(=O)N[C]1[CH][CH][CH][CH]1. The number of rotatable bonds is 2. The van der Waals surface area contributed by atoms with E-state index in [4.69, 9.17) is 0 Å². The summed E-state index contributed by atoms with van der Waals surface area (Å²) >= 11 is 0. The third-order valence-electron chi connectivity index (χ3n) is 1.45. The van der Waals surface area contributed by atoms with Crippen molar-refractivity contribution in [3.05, 3.63) is 31.7 Å². The Morgan fingerprint density at radius 2 is 1.91 bits per heavy atom. The van der Waals surface area contributed by atoms with Crippen molar-refractivity contribution in [3.63, 3.8) is 0 Å². The second-order valence-electron chi connectivity index (χ2n) is 2.82. The van der Waals surface area contributed by atoms with Gasteiger partial charge in [0.15, 0.2) is 0 Å². The van der Waals surface area contributed by atoms with Crippen molar-refractivity contribution < 1.29 is 4.79 Å². The minimum absolute atomic E-state index is 0.0462. The maximum Gasteiger partial charge on any atom is 0.223 e. The molecule has 2 heteroatoms. The first-order valence-electron chi connectivity index (χ1n) is 3.72. The van der Waals surface area contributed by atoms with Crippen LogP contribution in [0.2, 0.25) is 0 Å². The molecule has 0 aromatic carbocycles. The molecular formula is C9H12NO. The van der Waals surface area contributed by atoms with Crippen molar-refractivity contribution >= 4 is 5.91 Å². The number of carbonyl (C=O) groups is 1. The fraction of sp³-hybridized carbons (Fsp3) is 0.333. The molecule has 0 heterocycles. The van der Waals surface area contributed by atoms with Crippen LogP contribution in [0.3, 0.4) is 0 Å². The van der Waals surface area contributed by atoms with E-state index in [1.165, 1.54) is 0 Å². The molecule has 1 saturated carbocycles. The molecule has 0 aromatic heterocycles. The molecule has 1 aliphatic rings. The van der Waals surface area contributed by atoms with Gasteiger partial charge in [0.05, 0.1) is 6.04 Å². The van der Waals surface area contributed by atoms with Crippen LogP contribution in [-0.4, -0.2) is 5.91 Å². The molecule has 0 aliphatic heterocycles. The summed E-state index contributed by atoms with van der Waals surface area (Å²) in [6, 6.07) is 0.878. The zero-order valence-corrected chi connectivity index (χ0v) is 6.79. The van der Waals surface area contributed by atoms with Gasteiger partial charge in [0.2, 0.25) is 5.91 Å². The summed E-state index contributed by atoms with van der Waals surface area (Å²) in [6.07, 6.45) is 7.55. The normalized spacial score (nSPS) is 19.2. The molecule has 0 bridgehead atoms. The smallest absolute Gasteiger partial charge is 0.223 e. The van der Waals surface area contributed by atoms with Gasteiger partial charge in [0.1, 0.15) is 0 Å². The quantitative estimate of drug-likeness (QED) is 0.628. The third kappa shape index (κ3) is 2.52. The molecule has 2 nitrogen and oxygen atoms in total. The number of nitrogens with one attached hydrogen (secondary N) is 1. The van der Waals surface area contributed by atoms with Gasteiger partial charge in [-0.2, -0.15) is 0 Å². The van der Waals surface area contributed by atoms with E-state index in [1.54, 1.807) is 0 Å². The zero-order chi connectivity index (χ0) is 8.27. The number of hydrogen-bond donors (Lipinski definition) is 1. The van der Waals surface area contributed by atoms with E-state index in [-0.39, 0.29) is 11.8 Å². The Bertz CT molecular complexity index is 136. The minimum Gasteiger partial charge on any atom is -0.347 e. The average molecular weight is 150 g/mol. The lowest BCUT2D eigenvalue weighted by atomic mass is 10.2. The van der Waals surface area contributed by atoms with Crippen LogP contribution < -0.4 is 5.32 Å². The molecular weight excluding hydrogens is 138 g/mol. The van der Waals surface area contributed by atoms with Gasteiger partial charge in [-0.15, -0.1) is 0 Å². The Labute approximate surface area is 68.4 Å². The number of amides is 1. The highest BCUT2D eigenvalue weighted by Gasteiger charge is 2.20. The maximum atomic E-state index is 11.1. The highest BCUT2D eigenvalue weighted by Crippen LogP contribution is 2.20. The molecule has 11 heavy (non-hydrogen) atoms. The van der Waals surface area contributed by atoms with Crippen LogP contribution in [0.1, 0.15) is 13.8 Å². The van der Waals surface area contributed by atoms with Crippen LogP contribution in [0.25, 0.3) is 0 Å². The van der Waals surface area contributed by atoms with Crippen LogP contribution in [0.4, 0.5) is 0 Å². The van der Waals surface area contributed by atoms with E-state index in [0.29, 0.717) is 0 Å². The van der Waals surface area contributed by atoms with Crippen LogP contribution in [0.5, 0.6) is 0 Å². The fourth-order valence-electron chi connectivity index (χ4n) is 0.744. The Morgan fingerprint density at radius 1 is 1.36 bits per heavy atom. The van der Waals surface area contributed by atoms with Gasteiger partial charge >= 0.3 is 0 Å². The van der Waals surface area contributed by atoms with E-state index in [2.05, 4.69) is 5.32 Å². The first kappa shape index (κ1) is 8.57. The third-order valence-corrected chi connectivity index (χ3v) is 1.45. The minimum atomic E-state index is 0.0462. The molecule has 0 spiro atoms. The molecule has 1 amide bonds. The Hall–Kier alpha value is -0.530. The van der Waals surface area contributed by atoms with Crippen LogP contribution in [0.15, 0.2) is 0 Å². The van der Waals surface area contributed by atoms with Gasteiger partial charge in [-0.05, 0) is 25.7 Å². The predicted molar refractivity (Wildman–Crippen MR) is 43.4 cm³/mol. The van der Waals surface area contributed by atoms with Crippen molar-refractivity contribution in [2.24, 2.45) is 5.92 Å². The van der Waals surface area contributed by atoms with E-state index in [9.17, 15) is 4.79 Å². The van der Waals surface area contributed by atoms with Gasteiger partial charge in [-0.25, -0.2) is 0 Å². The van der Waals surface area contributed by atoms with Gasteiger partial charge in [-0.3, -0.25) is 4.79 Å². The van der Waals surface area contributed by atoms with Gasteiger partial charge in [0, 0.05) is 5.92 Å². The Morgan fingerprint density at radius 3 is 2.36 bits per heavy atom. The standard InChI is InChI=1S/C9H12NO/c1-7(2)9(11)10-8-5-3-4-6-8/h3-7H,1-2H3,(H,10,11). The molecule has 1 fully saturated rings. The molecule has 0 atom stereocenters. The summed E-state index contributed by atoms with van der Waals surface area (Å²) in [5, 5.41) is 2.78. The highest BCUT2D eigenvalue weighted by atomic mass is 16.1. The predicted octanol–water partition coefficient (Wildman–Crippen LogP) is 1.12. The topological polar surface area (TPSA) is 29.1 Å². The largest absolute Gasteiger partial charge is 0.347 e.